The van der Waals surface area contributed by atoms with Gasteiger partial charge in [-0.2, -0.15) is 0 Å². The molecule has 0 radical (unpaired) electrons. The van der Waals surface area contributed by atoms with Gasteiger partial charge in [0.15, 0.2) is 0 Å². The van der Waals surface area contributed by atoms with E-state index in [1.54, 1.807) is 0 Å². The minimum atomic E-state index is -2.80. The number of nitrogens with zero attached hydrogens (tertiary/aromatic N) is 1. The second kappa shape index (κ2) is 10.4. The van der Waals surface area contributed by atoms with E-state index >= 15 is 0 Å². The topological polar surface area (TPSA) is 53.6 Å². The van der Waals surface area contributed by atoms with Crippen molar-refractivity contribution in [1.82, 2.24) is 15.5 Å². The predicted molar refractivity (Wildman–Crippen MR) is 100 cm³/mol. The molecule has 3 rings (SSSR count). The minimum absolute atomic E-state index is 0. The zero-order chi connectivity index (χ0) is 17.0. The highest BCUT2D eigenvalue weighted by Gasteiger charge is 2.42. The van der Waals surface area contributed by atoms with Crippen LogP contribution in [0.1, 0.15) is 17.5 Å². The summed E-state index contributed by atoms with van der Waals surface area (Å²) < 4.78 is 31.7. The molecule has 2 aliphatic rings. The summed E-state index contributed by atoms with van der Waals surface area (Å²) >= 11 is 0. The van der Waals surface area contributed by atoms with Gasteiger partial charge in [0.1, 0.15) is 0 Å². The molecule has 26 heavy (non-hydrogen) atoms. The fraction of sp³-hybridized carbons (Fsp3) is 0.588. The van der Waals surface area contributed by atoms with E-state index < -0.39 is 24.9 Å². The molecule has 2 saturated heterocycles. The van der Waals surface area contributed by atoms with Crippen molar-refractivity contribution in [2.45, 2.75) is 31.5 Å². The maximum absolute atomic E-state index is 13.2. The van der Waals surface area contributed by atoms with Gasteiger partial charge in [-0.25, -0.2) is 8.78 Å². The van der Waals surface area contributed by atoms with Crippen LogP contribution in [0.15, 0.2) is 24.3 Å². The van der Waals surface area contributed by atoms with Gasteiger partial charge in [0, 0.05) is 32.6 Å². The van der Waals surface area contributed by atoms with Crippen LogP contribution in [0.3, 0.4) is 0 Å². The van der Waals surface area contributed by atoms with Crippen LogP contribution in [0.25, 0.3) is 0 Å². The van der Waals surface area contributed by atoms with E-state index in [1.165, 1.54) is 0 Å². The molecule has 1 aromatic rings. The number of morpholine rings is 1. The number of ether oxygens (including phenoxy) is 1. The second-order valence-electron chi connectivity index (χ2n) is 6.37. The number of hydrogen-bond acceptors (Lipinski definition) is 4. The summed E-state index contributed by atoms with van der Waals surface area (Å²) in [5, 5.41) is 5.36. The van der Waals surface area contributed by atoms with Crippen LogP contribution in [-0.2, 0) is 22.6 Å². The second-order valence-corrected chi connectivity index (χ2v) is 6.37. The third-order valence-corrected chi connectivity index (χ3v) is 4.50. The number of amides is 1. The monoisotopic (exact) mass is 411 g/mol. The van der Waals surface area contributed by atoms with Crippen molar-refractivity contribution in [3.63, 3.8) is 0 Å². The number of alkyl halides is 2. The summed E-state index contributed by atoms with van der Waals surface area (Å²) in [4.78, 5) is 14.4. The number of nitrogens with one attached hydrogen (secondary N) is 2. The quantitative estimate of drug-likeness (QED) is 0.777. The van der Waals surface area contributed by atoms with Crippen molar-refractivity contribution in [2.24, 2.45) is 0 Å². The van der Waals surface area contributed by atoms with E-state index in [1.807, 2.05) is 24.3 Å². The van der Waals surface area contributed by atoms with Crippen molar-refractivity contribution in [3.05, 3.63) is 35.4 Å². The molecule has 1 amide bonds. The van der Waals surface area contributed by atoms with Gasteiger partial charge >= 0.3 is 0 Å². The van der Waals surface area contributed by atoms with Crippen LogP contribution in [0.5, 0.6) is 0 Å². The Balaban J connectivity index is 0.00000169. The summed E-state index contributed by atoms with van der Waals surface area (Å²) in [5.41, 5.74) is 2.16. The molecule has 1 atom stereocenters. The van der Waals surface area contributed by atoms with Crippen LogP contribution in [-0.4, -0.2) is 55.6 Å². The highest BCUT2D eigenvalue weighted by molar-refractivity contribution is 5.85. The van der Waals surface area contributed by atoms with Crippen LogP contribution >= 0.6 is 24.8 Å². The van der Waals surface area contributed by atoms with Crippen molar-refractivity contribution in [1.29, 1.82) is 0 Å². The molecule has 148 valence electrons. The highest BCUT2D eigenvalue weighted by Crippen LogP contribution is 2.25. The summed E-state index contributed by atoms with van der Waals surface area (Å²) in [7, 11) is 0. The first-order valence-electron chi connectivity index (χ1n) is 8.29. The van der Waals surface area contributed by atoms with Crippen molar-refractivity contribution in [2.75, 3.05) is 32.8 Å². The van der Waals surface area contributed by atoms with E-state index in [-0.39, 0.29) is 30.7 Å². The highest BCUT2D eigenvalue weighted by atomic mass is 35.5. The molecule has 0 spiro atoms. The third kappa shape index (κ3) is 6.32. The number of benzene rings is 1. The molecular weight excluding hydrogens is 387 g/mol. The van der Waals surface area contributed by atoms with Crippen LogP contribution in [0, 0.1) is 0 Å². The Labute approximate surface area is 164 Å². The first kappa shape index (κ1) is 23.0. The lowest BCUT2D eigenvalue weighted by Gasteiger charge is -2.27. The van der Waals surface area contributed by atoms with Crippen molar-refractivity contribution >= 4 is 30.7 Å². The van der Waals surface area contributed by atoms with Crippen molar-refractivity contribution < 1.29 is 18.3 Å². The van der Waals surface area contributed by atoms with Gasteiger partial charge in [0.25, 0.3) is 5.92 Å². The Kier molecular flexibility index (Phi) is 9.19. The Morgan fingerprint density at radius 2 is 1.88 bits per heavy atom. The zero-order valence-corrected chi connectivity index (χ0v) is 16.0. The largest absolute Gasteiger partial charge is 0.379 e. The van der Waals surface area contributed by atoms with E-state index in [4.69, 9.17) is 4.74 Å². The maximum atomic E-state index is 13.2. The van der Waals surface area contributed by atoms with Crippen molar-refractivity contribution in [3.8, 4) is 0 Å². The van der Waals surface area contributed by atoms with Gasteiger partial charge in [-0.1, -0.05) is 24.3 Å². The first-order valence-corrected chi connectivity index (χ1v) is 8.29. The fourth-order valence-electron chi connectivity index (χ4n) is 3.09. The SMILES string of the molecule is Cl.Cl.O=C(NCc1ccccc1CN1CCOCC1)C1CC(F)(F)CN1. The van der Waals surface area contributed by atoms with Gasteiger partial charge in [-0.05, 0) is 11.1 Å². The normalized spacial score (nSPS) is 22.2. The van der Waals surface area contributed by atoms with E-state index in [0.29, 0.717) is 6.54 Å². The van der Waals surface area contributed by atoms with Gasteiger partial charge < -0.3 is 10.1 Å². The Hall–Kier alpha value is -0.990. The lowest BCUT2D eigenvalue weighted by molar-refractivity contribution is -0.123. The van der Waals surface area contributed by atoms with Crippen LogP contribution in [0.4, 0.5) is 8.78 Å². The molecule has 0 saturated carbocycles. The first-order chi connectivity index (χ1) is 11.5. The average molecular weight is 412 g/mol. The summed E-state index contributed by atoms with van der Waals surface area (Å²) in [6.07, 6.45) is -0.436. The zero-order valence-electron chi connectivity index (χ0n) is 14.4. The maximum Gasteiger partial charge on any atom is 0.262 e. The molecule has 2 N–H and O–H groups in total. The third-order valence-electron chi connectivity index (χ3n) is 4.50. The molecule has 0 bridgehead atoms. The standard InChI is InChI=1S/C17H23F2N3O2.2ClH/c18-17(19)9-15(21-12-17)16(23)20-10-13-3-1-2-4-14(13)11-22-5-7-24-8-6-22;;/h1-4,15,21H,5-12H2,(H,20,23);2*1H. The van der Waals surface area contributed by atoms with E-state index in [2.05, 4.69) is 15.5 Å². The molecule has 1 unspecified atom stereocenters. The molecule has 5 nitrogen and oxygen atoms in total. The molecule has 0 aromatic heterocycles. The van der Waals surface area contributed by atoms with Crippen LogP contribution < -0.4 is 10.6 Å². The van der Waals surface area contributed by atoms with Gasteiger partial charge in [-0.15, -0.1) is 24.8 Å². The number of carbonyl (C=O) groups excluding carboxylic acids is 1. The summed E-state index contributed by atoms with van der Waals surface area (Å²) in [6.45, 7) is 3.97. The van der Waals surface area contributed by atoms with E-state index in [9.17, 15) is 13.6 Å². The molecule has 2 heterocycles. The molecule has 2 fully saturated rings. The van der Waals surface area contributed by atoms with Crippen LogP contribution in [0.2, 0.25) is 0 Å². The lowest BCUT2D eigenvalue weighted by Crippen LogP contribution is -2.40. The summed E-state index contributed by atoms with van der Waals surface area (Å²) in [5.74, 6) is -3.16. The number of carbonyl (C=O) groups is 1. The van der Waals surface area contributed by atoms with Gasteiger partial charge in [0.05, 0.1) is 25.8 Å². The Morgan fingerprint density at radius 1 is 1.23 bits per heavy atom. The van der Waals surface area contributed by atoms with E-state index in [0.717, 1.165) is 44.0 Å². The minimum Gasteiger partial charge on any atom is -0.379 e. The molecule has 1 aromatic carbocycles. The average Bonchev–Trinajstić information content (AvgIpc) is 2.95. The van der Waals surface area contributed by atoms with Gasteiger partial charge in [-0.3, -0.25) is 15.0 Å². The lowest BCUT2D eigenvalue weighted by atomic mass is 10.1. The smallest absolute Gasteiger partial charge is 0.262 e. The number of hydrogen-bond donors (Lipinski definition) is 2. The number of rotatable bonds is 5. The molecule has 9 heteroatoms. The molecule has 2 aliphatic heterocycles. The van der Waals surface area contributed by atoms with Gasteiger partial charge in [0.2, 0.25) is 5.91 Å². The Bertz CT molecular complexity index is 587. The molecule has 0 aliphatic carbocycles. The summed E-state index contributed by atoms with van der Waals surface area (Å²) in [6, 6.07) is 7.09. The molecular formula is C17H25Cl2F2N3O2. The predicted octanol–water partition coefficient (Wildman–Crippen LogP) is 1.98. The Morgan fingerprint density at radius 3 is 2.50 bits per heavy atom. The number of halogens is 4. The fourth-order valence-corrected chi connectivity index (χ4v) is 3.09.